The molecule has 1 fully saturated rings. The van der Waals surface area contributed by atoms with Gasteiger partial charge in [-0.05, 0) is 24.8 Å². The number of amides is 2. The van der Waals surface area contributed by atoms with E-state index in [4.69, 9.17) is 18.1 Å². The van der Waals surface area contributed by atoms with Crippen LogP contribution in [0.1, 0.15) is 41.0 Å². The zero-order valence-electron chi connectivity index (χ0n) is 18.6. The number of rotatable bonds is 1. The summed E-state index contributed by atoms with van der Waals surface area (Å²) in [7, 11) is 0. The second kappa shape index (κ2) is 4.12. The van der Waals surface area contributed by atoms with Crippen LogP contribution in [0.3, 0.4) is 0 Å². The predicted molar refractivity (Wildman–Crippen MR) is 71.0 cm³/mol. The maximum atomic E-state index is 12.9. The molecule has 1 unspecified atom stereocenters. The van der Waals surface area contributed by atoms with Crippen LogP contribution in [-0.2, 0) is 11.3 Å². The number of nitrogens with two attached hydrogens (primary N) is 1. The van der Waals surface area contributed by atoms with Crippen LogP contribution in [0, 0.1) is 0 Å². The van der Waals surface area contributed by atoms with Crippen LogP contribution >= 0.6 is 0 Å². The Kier molecular flexibility index (Phi) is 1.16. The summed E-state index contributed by atoms with van der Waals surface area (Å²) in [6, 6.07) is -4.44. The Morgan fingerprint density at radius 1 is 1.53 bits per heavy atom. The lowest BCUT2D eigenvalue weighted by molar-refractivity contribution is -0.126. The molecule has 19 heavy (non-hydrogen) atoms. The summed E-state index contributed by atoms with van der Waals surface area (Å²) >= 11 is 0. The minimum absolute atomic E-state index is 0.185. The van der Waals surface area contributed by atoms with E-state index in [1.54, 1.807) is 0 Å². The first kappa shape index (κ1) is 5.36. The minimum Gasteiger partial charge on any atom is -0.398 e. The highest BCUT2D eigenvalue weighted by atomic mass is 16.2. The zero-order valence-corrected chi connectivity index (χ0v) is 9.63. The van der Waals surface area contributed by atoms with Crippen molar-refractivity contribution in [3.8, 4) is 0 Å². The molecule has 1 atom stereocenters. The van der Waals surface area contributed by atoms with Crippen LogP contribution in [0.4, 0.5) is 5.69 Å². The Bertz CT molecular complexity index is 960. The Morgan fingerprint density at radius 2 is 2.32 bits per heavy atom. The first-order chi connectivity index (χ1) is 12.6. The van der Waals surface area contributed by atoms with Gasteiger partial charge < -0.3 is 16.0 Å². The second-order valence-electron chi connectivity index (χ2n) is 3.97. The number of anilines is 1. The van der Waals surface area contributed by atoms with Crippen molar-refractivity contribution in [2.75, 3.05) is 5.73 Å². The minimum atomic E-state index is -3.08. The highest BCUT2D eigenvalue weighted by molar-refractivity contribution is 6.02. The van der Waals surface area contributed by atoms with Gasteiger partial charge in [0.2, 0.25) is 5.91 Å². The molecule has 0 spiro atoms. The van der Waals surface area contributed by atoms with Crippen molar-refractivity contribution < 1.29 is 21.9 Å². The monoisotopic (exact) mass is 266 g/mol. The van der Waals surface area contributed by atoms with Gasteiger partial charge in [0, 0.05) is 34.5 Å². The van der Waals surface area contributed by atoms with E-state index in [1.807, 2.05) is 5.32 Å². The fourth-order valence-corrected chi connectivity index (χ4v) is 1.82. The predicted octanol–water partition coefficient (Wildman–Crippen LogP) is 1.02. The van der Waals surface area contributed by atoms with Gasteiger partial charge in [0.05, 0.1) is 6.85 Å². The molecule has 2 heterocycles. The van der Waals surface area contributed by atoms with Crippen LogP contribution < -0.4 is 11.1 Å². The van der Waals surface area contributed by atoms with E-state index in [-0.39, 0.29) is 4.90 Å². The number of piperidine rings is 1. The average Bonchev–Trinajstić information content (AvgIpc) is 2.77. The third-order valence-electron chi connectivity index (χ3n) is 2.71. The number of nitrogens with one attached hydrogen (secondary N) is 1. The van der Waals surface area contributed by atoms with E-state index < -0.39 is 77.7 Å². The first-order valence-corrected chi connectivity index (χ1v) is 5.33. The summed E-state index contributed by atoms with van der Waals surface area (Å²) in [5.41, 5.74) is 3.29. The van der Waals surface area contributed by atoms with Gasteiger partial charge in [-0.1, -0.05) is 12.6 Å². The molecule has 1 saturated heterocycles. The van der Waals surface area contributed by atoms with Gasteiger partial charge >= 0.3 is 0 Å². The van der Waals surface area contributed by atoms with Crippen LogP contribution in [0.5, 0.6) is 0 Å². The molecule has 2 aliphatic rings. The van der Waals surface area contributed by atoms with Crippen LogP contribution in [-0.4, -0.2) is 22.8 Å². The number of carbonyl (C=O) groups excluding carboxylic acids is 2. The molecule has 0 radical (unpaired) electrons. The standard InChI is InChI=1S/C14H15N3O2/c1-8-5-6-12(13(18)16-8)17-7-10-9(14(17)19)3-2-4-11(10)15/h2-4,12H,1,5-7,15H2,(H,16,18)/i2D,3D,4D,5D2,6D2,7D2. The van der Waals surface area contributed by atoms with E-state index in [1.165, 1.54) is 0 Å². The SMILES string of the molecule is [2H]c1c([2H])c(N)c2c(c1[2H])C(=O)N(C1C(=O)NC(=C)C([2H])([2H])C1([2H])[2H])C2([2H])[2H]. The summed E-state index contributed by atoms with van der Waals surface area (Å²) in [4.78, 5) is 25.6. The third kappa shape index (κ3) is 1.78. The maximum Gasteiger partial charge on any atom is 0.255 e. The van der Waals surface area contributed by atoms with Crippen LogP contribution in [0.15, 0.2) is 30.4 Å². The summed E-state index contributed by atoms with van der Waals surface area (Å²) in [5, 5.41) is 2.03. The Balaban J connectivity index is 2.29. The fraction of sp³-hybridized carbons (Fsp3) is 0.286. The van der Waals surface area contributed by atoms with Crippen molar-refractivity contribution in [2.24, 2.45) is 0 Å². The lowest BCUT2D eigenvalue weighted by Gasteiger charge is -2.30. The number of hydrogen-bond donors (Lipinski definition) is 2. The molecule has 98 valence electrons. The summed E-state index contributed by atoms with van der Waals surface area (Å²) < 4.78 is 72.1. The number of allylic oxidation sites excluding steroid dienone is 1. The van der Waals surface area contributed by atoms with Crippen LogP contribution in [0.25, 0.3) is 0 Å². The lowest BCUT2D eigenvalue weighted by Crippen LogP contribution is -2.49. The van der Waals surface area contributed by atoms with E-state index in [0.717, 1.165) is 0 Å². The molecular weight excluding hydrogens is 242 g/mol. The molecule has 2 aliphatic heterocycles. The molecule has 2 amide bonds. The molecule has 0 saturated carbocycles. The van der Waals surface area contributed by atoms with Crippen molar-refractivity contribution in [3.05, 3.63) is 41.5 Å². The van der Waals surface area contributed by atoms with Gasteiger partial charge in [0.15, 0.2) is 0 Å². The van der Waals surface area contributed by atoms with Crippen LogP contribution in [0.2, 0.25) is 0 Å². The van der Waals surface area contributed by atoms with Gasteiger partial charge in [-0.25, -0.2) is 0 Å². The Morgan fingerprint density at radius 3 is 3.11 bits per heavy atom. The normalized spacial score (nSPS) is 37.3. The highest BCUT2D eigenvalue weighted by Crippen LogP contribution is 2.31. The van der Waals surface area contributed by atoms with Gasteiger partial charge in [-0.2, -0.15) is 0 Å². The van der Waals surface area contributed by atoms with Crippen molar-refractivity contribution in [2.45, 2.75) is 25.3 Å². The summed E-state index contributed by atoms with van der Waals surface area (Å²) in [5.74, 6) is -2.49. The molecule has 3 rings (SSSR count). The fourth-order valence-electron chi connectivity index (χ4n) is 1.82. The number of benzene rings is 1. The maximum absolute atomic E-state index is 12.9. The smallest absolute Gasteiger partial charge is 0.255 e. The number of fused-ring (bicyclic) bond motifs is 1. The Labute approximate surface area is 123 Å². The van der Waals surface area contributed by atoms with E-state index in [2.05, 4.69) is 6.58 Å². The molecular formula is C14H15N3O2. The number of nitrogens with zero attached hydrogens (tertiary/aromatic N) is 1. The molecule has 1 aromatic carbocycles. The highest BCUT2D eigenvalue weighted by Gasteiger charge is 2.38. The first-order valence-electron chi connectivity index (χ1n) is 9.83. The van der Waals surface area contributed by atoms with Gasteiger partial charge in [-0.15, -0.1) is 0 Å². The van der Waals surface area contributed by atoms with Crippen molar-refractivity contribution in [1.29, 1.82) is 0 Å². The van der Waals surface area contributed by atoms with E-state index >= 15 is 0 Å². The molecule has 3 N–H and O–H groups in total. The summed E-state index contributed by atoms with van der Waals surface area (Å²) in [6.45, 7) is 0.346. The molecule has 0 aliphatic carbocycles. The number of hydrogen-bond acceptors (Lipinski definition) is 3. The molecule has 5 heteroatoms. The quantitative estimate of drug-likeness (QED) is 0.745. The van der Waals surface area contributed by atoms with Gasteiger partial charge in [-0.3, -0.25) is 9.59 Å². The third-order valence-corrected chi connectivity index (χ3v) is 2.71. The van der Waals surface area contributed by atoms with E-state index in [9.17, 15) is 9.59 Å². The molecule has 5 nitrogen and oxygen atoms in total. The molecule has 0 bridgehead atoms. The number of nitrogen functional groups attached to an aromatic ring is 1. The lowest BCUT2D eigenvalue weighted by atomic mass is 10.0. The molecule has 1 aromatic rings. The van der Waals surface area contributed by atoms with Gasteiger partial charge in [0.1, 0.15) is 6.04 Å². The van der Waals surface area contributed by atoms with Gasteiger partial charge in [0.25, 0.3) is 5.91 Å². The van der Waals surface area contributed by atoms with Crippen molar-refractivity contribution >= 4 is 17.5 Å². The topological polar surface area (TPSA) is 75.4 Å². The number of carbonyl (C=O) groups is 2. The van der Waals surface area contributed by atoms with E-state index in [0.29, 0.717) is 0 Å². The van der Waals surface area contributed by atoms with Crippen molar-refractivity contribution in [3.63, 3.8) is 0 Å². The summed E-state index contributed by atoms with van der Waals surface area (Å²) in [6.07, 6.45) is -5.92. The molecule has 0 aromatic heterocycles. The zero-order chi connectivity index (χ0) is 21.6. The largest absolute Gasteiger partial charge is 0.398 e. The Hall–Kier alpha value is -2.30. The average molecular weight is 266 g/mol. The second-order valence-corrected chi connectivity index (χ2v) is 3.97. The van der Waals surface area contributed by atoms with Crippen molar-refractivity contribution in [1.82, 2.24) is 10.2 Å².